The van der Waals surface area contributed by atoms with Gasteiger partial charge in [0.05, 0.1) is 0 Å². The Morgan fingerprint density at radius 3 is 2.54 bits per heavy atom. The van der Waals surface area contributed by atoms with Gasteiger partial charge in [-0.3, -0.25) is 4.90 Å². The molecule has 3 heteroatoms. The smallest absolute Gasteiger partial charge is 0.0428 e. The summed E-state index contributed by atoms with van der Waals surface area (Å²) in [5.41, 5.74) is 8.05. The van der Waals surface area contributed by atoms with Gasteiger partial charge in [-0.1, -0.05) is 38.1 Å². The predicted molar refractivity (Wildman–Crippen MR) is 101 cm³/mol. The number of nitrogens with zero attached hydrogens (tertiary/aromatic N) is 1. The molecule has 0 radical (unpaired) electrons. The van der Waals surface area contributed by atoms with Gasteiger partial charge in [-0.05, 0) is 41.3 Å². The van der Waals surface area contributed by atoms with Crippen LogP contribution in [0, 0.1) is 6.92 Å². The van der Waals surface area contributed by atoms with Gasteiger partial charge in [-0.25, -0.2) is 0 Å². The van der Waals surface area contributed by atoms with E-state index in [0.29, 0.717) is 0 Å². The lowest BCUT2D eigenvalue weighted by molar-refractivity contribution is 0.233. The van der Waals surface area contributed by atoms with Crippen molar-refractivity contribution in [2.75, 3.05) is 31.5 Å². The monoisotopic (exact) mass is 321 g/mol. The molecule has 2 aliphatic rings. The number of hydrogen-bond acceptors (Lipinski definition) is 3. The number of fused-ring (bicyclic) bond motifs is 2. The minimum atomic E-state index is 0.0308. The summed E-state index contributed by atoms with van der Waals surface area (Å²) < 4.78 is 0. The largest absolute Gasteiger partial charge is 0.355 e. The van der Waals surface area contributed by atoms with Crippen LogP contribution in [0.4, 0.5) is 11.4 Å². The third-order valence-corrected chi connectivity index (χ3v) is 5.49. The molecule has 126 valence electrons. The fourth-order valence-electron chi connectivity index (χ4n) is 4.04. The minimum absolute atomic E-state index is 0.0308. The third-order valence-electron chi connectivity index (χ3n) is 5.49. The summed E-state index contributed by atoms with van der Waals surface area (Å²) in [6.45, 7) is 12.4. The Hall–Kier alpha value is -1.84. The Bertz CT molecular complexity index is 758. The summed E-state index contributed by atoms with van der Waals surface area (Å²) in [6.07, 6.45) is 0. The molecular formula is C21H27N3. The van der Waals surface area contributed by atoms with Crippen molar-refractivity contribution in [3.63, 3.8) is 0 Å². The van der Waals surface area contributed by atoms with Crippen LogP contribution in [0.15, 0.2) is 36.4 Å². The topological polar surface area (TPSA) is 27.3 Å². The normalized spacial score (nSPS) is 19.3. The highest BCUT2D eigenvalue weighted by molar-refractivity contribution is 5.76. The summed E-state index contributed by atoms with van der Waals surface area (Å²) in [4.78, 5) is 2.54. The van der Waals surface area contributed by atoms with Gasteiger partial charge in [0.1, 0.15) is 0 Å². The Balaban J connectivity index is 1.67. The molecule has 3 nitrogen and oxygen atoms in total. The first-order valence-corrected chi connectivity index (χ1v) is 8.99. The van der Waals surface area contributed by atoms with Crippen LogP contribution >= 0.6 is 0 Å². The fraction of sp³-hybridized carbons (Fsp3) is 0.429. The first-order chi connectivity index (χ1) is 11.5. The van der Waals surface area contributed by atoms with Gasteiger partial charge in [-0.2, -0.15) is 0 Å². The molecule has 2 aromatic rings. The highest BCUT2D eigenvalue weighted by atomic mass is 15.2. The van der Waals surface area contributed by atoms with Gasteiger partial charge in [-0.15, -0.1) is 0 Å². The van der Waals surface area contributed by atoms with Crippen LogP contribution < -0.4 is 10.6 Å². The quantitative estimate of drug-likeness (QED) is 0.881. The van der Waals surface area contributed by atoms with E-state index in [-0.39, 0.29) is 5.41 Å². The molecule has 0 aliphatic carbocycles. The molecule has 0 spiro atoms. The van der Waals surface area contributed by atoms with E-state index >= 15 is 0 Å². The molecule has 0 bridgehead atoms. The standard InChI is InChI=1S/C21H27N3/c1-15-4-6-17-20(12-15)23-19-7-5-16(13-18(19)21(17,2)3)14-24-10-8-22-9-11-24/h4-7,12-13,22-23H,8-11,14H2,1-3H3. The number of aryl methyl sites for hydroxylation is 1. The third kappa shape index (κ3) is 2.72. The van der Waals surface area contributed by atoms with E-state index in [1.54, 1.807) is 0 Å². The Morgan fingerprint density at radius 1 is 0.958 bits per heavy atom. The van der Waals surface area contributed by atoms with Gasteiger partial charge in [0.15, 0.2) is 0 Å². The SMILES string of the molecule is Cc1ccc2c(c1)Nc1ccc(CN3CCNCC3)cc1C2(C)C. The second kappa shape index (κ2) is 5.91. The van der Waals surface area contributed by atoms with Crippen LogP contribution in [0.1, 0.15) is 36.1 Å². The molecule has 2 N–H and O–H groups in total. The Labute approximate surface area is 145 Å². The molecule has 24 heavy (non-hydrogen) atoms. The van der Waals surface area contributed by atoms with Crippen LogP contribution in [0.3, 0.4) is 0 Å². The van der Waals surface area contributed by atoms with E-state index in [2.05, 4.69) is 72.7 Å². The fourth-order valence-corrected chi connectivity index (χ4v) is 4.04. The summed E-state index contributed by atoms with van der Waals surface area (Å²) in [6, 6.07) is 13.7. The zero-order valence-corrected chi connectivity index (χ0v) is 14.9. The maximum absolute atomic E-state index is 3.64. The molecule has 2 heterocycles. The molecular weight excluding hydrogens is 294 g/mol. The summed E-state index contributed by atoms with van der Waals surface area (Å²) in [5.74, 6) is 0. The van der Waals surface area contributed by atoms with Crippen molar-refractivity contribution in [2.24, 2.45) is 0 Å². The van der Waals surface area contributed by atoms with E-state index in [9.17, 15) is 0 Å². The van der Waals surface area contributed by atoms with Crippen molar-refractivity contribution in [3.05, 3.63) is 58.7 Å². The van der Waals surface area contributed by atoms with Crippen LogP contribution in [-0.2, 0) is 12.0 Å². The van der Waals surface area contributed by atoms with Crippen LogP contribution in [0.25, 0.3) is 0 Å². The van der Waals surface area contributed by atoms with Gasteiger partial charge >= 0.3 is 0 Å². The first-order valence-electron chi connectivity index (χ1n) is 8.99. The van der Waals surface area contributed by atoms with Gasteiger partial charge in [0.25, 0.3) is 0 Å². The van der Waals surface area contributed by atoms with E-state index < -0.39 is 0 Å². The van der Waals surface area contributed by atoms with Gasteiger partial charge in [0.2, 0.25) is 0 Å². The summed E-state index contributed by atoms with van der Waals surface area (Å²) in [7, 11) is 0. The van der Waals surface area contributed by atoms with Gasteiger partial charge < -0.3 is 10.6 Å². The second-order valence-electron chi connectivity index (χ2n) is 7.71. The molecule has 2 aliphatic heterocycles. The highest BCUT2D eigenvalue weighted by Gasteiger charge is 2.32. The second-order valence-corrected chi connectivity index (χ2v) is 7.71. The number of hydrogen-bond donors (Lipinski definition) is 2. The number of benzene rings is 2. The maximum Gasteiger partial charge on any atom is 0.0428 e. The molecule has 2 aromatic carbocycles. The lowest BCUT2D eigenvalue weighted by atomic mass is 9.73. The molecule has 1 saturated heterocycles. The number of piperazine rings is 1. The van der Waals surface area contributed by atoms with Crippen molar-refractivity contribution in [2.45, 2.75) is 32.7 Å². The van der Waals surface area contributed by atoms with E-state index in [4.69, 9.17) is 0 Å². The van der Waals surface area contributed by atoms with Crippen molar-refractivity contribution in [1.82, 2.24) is 10.2 Å². The zero-order valence-electron chi connectivity index (χ0n) is 14.9. The Kier molecular flexibility index (Phi) is 3.86. The number of nitrogens with one attached hydrogen (secondary N) is 2. The average Bonchev–Trinajstić information content (AvgIpc) is 2.56. The molecule has 0 atom stereocenters. The Morgan fingerprint density at radius 2 is 1.75 bits per heavy atom. The van der Waals surface area contributed by atoms with E-state index in [0.717, 1.165) is 32.7 Å². The van der Waals surface area contributed by atoms with Crippen LogP contribution in [0.5, 0.6) is 0 Å². The summed E-state index contributed by atoms with van der Waals surface area (Å²) in [5, 5.41) is 7.07. The van der Waals surface area contributed by atoms with Crippen molar-refractivity contribution >= 4 is 11.4 Å². The van der Waals surface area contributed by atoms with Crippen LogP contribution in [0.2, 0.25) is 0 Å². The zero-order chi connectivity index (χ0) is 16.7. The van der Waals surface area contributed by atoms with Crippen LogP contribution in [-0.4, -0.2) is 31.1 Å². The first kappa shape index (κ1) is 15.7. The molecule has 4 rings (SSSR count). The predicted octanol–water partition coefficient (Wildman–Crippen LogP) is 3.78. The minimum Gasteiger partial charge on any atom is -0.355 e. The molecule has 0 aromatic heterocycles. The van der Waals surface area contributed by atoms with E-state index in [1.807, 2.05) is 0 Å². The van der Waals surface area contributed by atoms with Crippen molar-refractivity contribution in [1.29, 1.82) is 0 Å². The highest BCUT2D eigenvalue weighted by Crippen LogP contribution is 2.45. The molecule has 0 unspecified atom stereocenters. The molecule has 1 fully saturated rings. The molecule has 0 amide bonds. The van der Waals surface area contributed by atoms with E-state index in [1.165, 1.54) is 33.6 Å². The number of anilines is 2. The lowest BCUT2D eigenvalue weighted by Gasteiger charge is -2.36. The molecule has 0 saturated carbocycles. The average molecular weight is 321 g/mol. The van der Waals surface area contributed by atoms with Gasteiger partial charge in [0, 0.05) is 49.5 Å². The van der Waals surface area contributed by atoms with Crippen molar-refractivity contribution in [3.8, 4) is 0 Å². The summed E-state index contributed by atoms with van der Waals surface area (Å²) >= 11 is 0. The number of rotatable bonds is 2. The maximum atomic E-state index is 3.64. The van der Waals surface area contributed by atoms with Crippen molar-refractivity contribution < 1.29 is 0 Å². The lowest BCUT2D eigenvalue weighted by Crippen LogP contribution is -2.42.